The summed E-state index contributed by atoms with van der Waals surface area (Å²) < 4.78 is 10.7. The van der Waals surface area contributed by atoms with Gasteiger partial charge in [-0.25, -0.2) is 0 Å². The lowest BCUT2D eigenvalue weighted by Crippen LogP contribution is -2.42. The molecule has 0 radical (unpaired) electrons. The van der Waals surface area contributed by atoms with E-state index in [9.17, 15) is 14.4 Å². The van der Waals surface area contributed by atoms with Gasteiger partial charge in [0, 0.05) is 49.6 Å². The maximum absolute atomic E-state index is 13.1. The van der Waals surface area contributed by atoms with Crippen molar-refractivity contribution in [1.82, 2.24) is 9.80 Å². The highest BCUT2D eigenvalue weighted by molar-refractivity contribution is 5.95. The van der Waals surface area contributed by atoms with Gasteiger partial charge in [-0.15, -0.1) is 0 Å². The third-order valence-corrected chi connectivity index (χ3v) is 8.92. The van der Waals surface area contributed by atoms with Crippen LogP contribution in [0.15, 0.2) is 36.4 Å². The first-order chi connectivity index (χ1) is 20.4. The van der Waals surface area contributed by atoms with Crippen LogP contribution in [0.3, 0.4) is 0 Å². The molecule has 0 aromatic heterocycles. The lowest BCUT2D eigenvalue weighted by molar-refractivity contribution is -0.155. The lowest BCUT2D eigenvalue weighted by Gasteiger charge is -2.32. The van der Waals surface area contributed by atoms with Crippen LogP contribution in [0.1, 0.15) is 79.9 Å². The highest BCUT2D eigenvalue weighted by Gasteiger charge is 2.54. The molecular weight excluding hydrogens is 544 g/mol. The summed E-state index contributed by atoms with van der Waals surface area (Å²) in [7, 11) is 1.55. The van der Waals surface area contributed by atoms with E-state index in [4.69, 9.17) is 20.9 Å². The van der Waals surface area contributed by atoms with Crippen LogP contribution in [0.4, 0.5) is 5.69 Å². The SMILES string of the molecule is COc1cc(C(=O)N2CCC3(CC2)C[C@@H]3C#Cc2cccc3c2CN([C@@H](CCC(=O)OC(C)(C)C)C(N)=O)C3)ccc1N. The summed E-state index contributed by atoms with van der Waals surface area (Å²) in [6, 6.07) is 10.7. The van der Waals surface area contributed by atoms with Crippen LogP contribution in [0.5, 0.6) is 5.75 Å². The molecule has 9 heteroatoms. The molecule has 4 N–H and O–H groups in total. The lowest BCUT2D eigenvalue weighted by atomic mass is 9.90. The number of hydrogen-bond acceptors (Lipinski definition) is 7. The number of anilines is 1. The minimum Gasteiger partial charge on any atom is -0.495 e. The van der Waals surface area contributed by atoms with E-state index in [0.29, 0.717) is 55.5 Å². The van der Waals surface area contributed by atoms with Gasteiger partial charge in [-0.1, -0.05) is 24.0 Å². The summed E-state index contributed by atoms with van der Waals surface area (Å²) >= 11 is 0. The molecule has 1 saturated carbocycles. The Bertz CT molecular complexity index is 1480. The van der Waals surface area contributed by atoms with Gasteiger partial charge in [0.15, 0.2) is 0 Å². The second-order valence-corrected chi connectivity index (χ2v) is 13.0. The number of hydrogen-bond donors (Lipinski definition) is 2. The Morgan fingerprint density at radius 2 is 1.86 bits per heavy atom. The first kappa shape index (κ1) is 30.4. The molecule has 1 aliphatic carbocycles. The van der Waals surface area contributed by atoms with Crippen LogP contribution >= 0.6 is 0 Å². The average molecular weight is 587 g/mol. The Hall–Kier alpha value is -4.03. The maximum Gasteiger partial charge on any atom is 0.306 e. The number of carbonyl (C=O) groups excluding carboxylic acids is 3. The van der Waals surface area contributed by atoms with Crippen LogP contribution in [0.25, 0.3) is 0 Å². The van der Waals surface area contributed by atoms with Crippen molar-refractivity contribution in [2.75, 3.05) is 25.9 Å². The zero-order chi connectivity index (χ0) is 30.9. The summed E-state index contributed by atoms with van der Waals surface area (Å²) in [6.45, 7) is 8.03. The highest BCUT2D eigenvalue weighted by Crippen LogP contribution is 2.59. The largest absolute Gasteiger partial charge is 0.495 e. The number of nitrogens with zero attached hydrogens (tertiary/aromatic N) is 2. The number of ether oxygens (including phenoxy) is 2. The van der Waals surface area contributed by atoms with Crippen molar-refractivity contribution in [3.63, 3.8) is 0 Å². The Balaban J connectivity index is 1.19. The van der Waals surface area contributed by atoms with Gasteiger partial charge in [0.1, 0.15) is 11.4 Å². The van der Waals surface area contributed by atoms with Crippen LogP contribution in [-0.4, -0.2) is 59.4 Å². The molecular formula is C34H42N4O5. The van der Waals surface area contributed by atoms with Gasteiger partial charge in [0.25, 0.3) is 5.91 Å². The van der Waals surface area contributed by atoms with Crippen molar-refractivity contribution in [2.24, 2.45) is 17.1 Å². The number of rotatable bonds is 7. The van der Waals surface area contributed by atoms with Crippen molar-refractivity contribution in [1.29, 1.82) is 0 Å². The highest BCUT2D eigenvalue weighted by atomic mass is 16.6. The number of esters is 1. The molecule has 2 aromatic carbocycles. The quantitative estimate of drug-likeness (QED) is 0.286. The van der Waals surface area contributed by atoms with E-state index in [1.54, 1.807) is 25.3 Å². The zero-order valence-electron chi connectivity index (χ0n) is 25.6. The average Bonchev–Trinajstić information content (AvgIpc) is 3.42. The second kappa shape index (κ2) is 11.9. The fourth-order valence-electron chi connectivity index (χ4n) is 6.39. The number of primary amides is 1. The van der Waals surface area contributed by atoms with Crippen LogP contribution in [0, 0.1) is 23.2 Å². The smallest absolute Gasteiger partial charge is 0.306 e. The molecule has 2 amide bonds. The van der Waals surface area contributed by atoms with E-state index in [-0.39, 0.29) is 23.7 Å². The molecule has 0 bridgehead atoms. The summed E-state index contributed by atoms with van der Waals surface area (Å²) in [5, 5.41) is 0. The molecule has 1 saturated heterocycles. The Morgan fingerprint density at radius 1 is 1.12 bits per heavy atom. The molecule has 5 rings (SSSR count). The Kier molecular flexibility index (Phi) is 8.44. The number of nitrogen functional groups attached to an aromatic ring is 1. The summed E-state index contributed by atoms with van der Waals surface area (Å²) in [5.41, 5.74) is 15.6. The van der Waals surface area contributed by atoms with E-state index in [1.165, 1.54) is 0 Å². The maximum atomic E-state index is 13.1. The fraction of sp³-hybridized carbons (Fsp3) is 0.500. The van der Waals surface area contributed by atoms with Gasteiger partial charge in [-0.2, -0.15) is 0 Å². The molecule has 3 aliphatic rings. The van der Waals surface area contributed by atoms with E-state index in [1.807, 2.05) is 42.7 Å². The molecule has 2 aromatic rings. The normalized spacial score (nSPS) is 19.6. The van der Waals surface area contributed by atoms with E-state index < -0.39 is 17.6 Å². The van der Waals surface area contributed by atoms with Crippen molar-refractivity contribution in [3.8, 4) is 17.6 Å². The third-order valence-electron chi connectivity index (χ3n) is 8.92. The minimum atomic E-state index is -0.572. The van der Waals surface area contributed by atoms with Gasteiger partial charge < -0.3 is 25.8 Å². The summed E-state index contributed by atoms with van der Waals surface area (Å²) in [4.78, 5) is 41.7. The van der Waals surface area contributed by atoms with E-state index in [2.05, 4.69) is 17.9 Å². The molecule has 43 heavy (non-hydrogen) atoms. The summed E-state index contributed by atoms with van der Waals surface area (Å²) in [5.74, 6) is 7.03. The summed E-state index contributed by atoms with van der Waals surface area (Å²) in [6.07, 6.45) is 3.36. The molecule has 2 atom stereocenters. The monoisotopic (exact) mass is 586 g/mol. The first-order valence-electron chi connectivity index (χ1n) is 15.0. The second-order valence-electron chi connectivity index (χ2n) is 13.0. The standard InChI is InChI=1S/C34H42N4O5/c1-33(2,3)43-30(39)13-12-28(31(36)40)38-20-24-7-5-6-22(26(24)21-38)8-10-25-19-34(25)14-16-37(17-15-34)32(41)23-9-11-27(35)29(18-23)42-4/h5-7,9,11,18,25,28H,12-17,19-21,35H2,1-4H3,(H2,36,40)/t25-,28-/m0/s1. The van der Waals surface area contributed by atoms with Crippen molar-refractivity contribution < 1.29 is 23.9 Å². The van der Waals surface area contributed by atoms with Gasteiger partial charge in [0.05, 0.1) is 18.8 Å². The predicted molar refractivity (Wildman–Crippen MR) is 164 cm³/mol. The first-order valence-corrected chi connectivity index (χ1v) is 15.0. The number of carbonyl (C=O) groups is 3. The molecule has 9 nitrogen and oxygen atoms in total. The number of likely N-dealkylation sites (tertiary alicyclic amines) is 1. The number of nitrogens with two attached hydrogens (primary N) is 2. The molecule has 2 aliphatic heterocycles. The van der Waals surface area contributed by atoms with E-state index in [0.717, 1.165) is 36.0 Å². The Morgan fingerprint density at radius 3 is 2.53 bits per heavy atom. The van der Waals surface area contributed by atoms with Crippen LogP contribution in [-0.2, 0) is 27.4 Å². The van der Waals surface area contributed by atoms with Crippen molar-refractivity contribution in [3.05, 3.63) is 58.7 Å². The van der Waals surface area contributed by atoms with E-state index >= 15 is 0 Å². The molecule has 0 unspecified atom stereocenters. The zero-order valence-corrected chi connectivity index (χ0v) is 25.6. The predicted octanol–water partition coefficient (Wildman–Crippen LogP) is 3.86. The van der Waals surface area contributed by atoms with Gasteiger partial charge in [-0.05, 0) is 87.3 Å². The third kappa shape index (κ3) is 6.80. The molecule has 2 heterocycles. The topological polar surface area (TPSA) is 128 Å². The van der Waals surface area contributed by atoms with Gasteiger partial charge in [-0.3, -0.25) is 19.3 Å². The number of amides is 2. The van der Waals surface area contributed by atoms with Crippen LogP contribution < -0.4 is 16.2 Å². The number of benzene rings is 2. The Labute approximate surface area is 253 Å². The molecule has 2 fully saturated rings. The number of fused-ring (bicyclic) bond motifs is 1. The van der Waals surface area contributed by atoms with Gasteiger partial charge >= 0.3 is 5.97 Å². The van der Waals surface area contributed by atoms with Crippen molar-refractivity contribution >= 4 is 23.5 Å². The minimum absolute atomic E-state index is 0.00111. The number of methoxy groups -OCH3 is 1. The molecule has 1 spiro atoms. The fourth-order valence-corrected chi connectivity index (χ4v) is 6.39. The van der Waals surface area contributed by atoms with Crippen LogP contribution in [0.2, 0.25) is 0 Å². The van der Waals surface area contributed by atoms with Crippen molar-refractivity contribution in [2.45, 2.75) is 77.6 Å². The van der Waals surface area contributed by atoms with Gasteiger partial charge in [0.2, 0.25) is 5.91 Å². The molecule has 228 valence electrons. The number of piperidine rings is 1.